The number of rotatable bonds is 6. The van der Waals surface area contributed by atoms with E-state index in [4.69, 9.17) is 16.3 Å². The van der Waals surface area contributed by atoms with Crippen LogP contribution in [0.15, 0.2) is 29.7 Å². The van der Waals surface area contributed by atoms with Crippen LogP contribution in [0.5, 0.6) is 0 Å². The Morgan fingerprint density at radius 1 is 1.35 bits per heavy atom. The fraction of sp³-hybridized carbons (Fsp3) is 0.300. The maximum Gasteiger partial charge on any atom is 0.265 e. The number of halogens is 1. The van der Waals surface area contributed by atoms with Crippen molar-refractivity contribution < 1.29 is 13.2 Å². The van der Waals surface area contributed by atoms with Crippen LogP contribution in [-0.4, -0.2) is 41.9 Å². The lowest BCUT2D eigenvalue weighted by Crippen LogP contribution is -2.13. The molecule has 0 radical (unpaired) electrons. The van der Waals surface area contributed by atoms with Gasteiger partial charge in [-0.3, -0.25) is 9.40 Å². The van der Waals surface area contributed by atoms with E-state index in [1.807, 2.05) is 0 Å². The van der Waals surface area contributed by atoms with Crippen molar-refractivity contribution in [3.8, 4) is 0 Å². The number of aromatic nitrogens is 4. The van der Waals surface area contributed by atoms with Crippen molar-refractivity contribution in [2.45, 2.75) is 11.4 Å². The van der Waals surface area contributed by atoms with Crippen LogP contribution in [0.4, 0.5) is 5.69 Å². The third kappa shape index (κ3) is 3.65. The summed E-state index contributed by atoms with van der Waals surface area (Å²) >= 11 is 5.51. The fourth-order valence-corrected chi connectivity index (χ4v) is 2.39. The third-order valence-electron chi connectivity index (χ3n) is 2.32. The molecule has 0 bridgehead atoms. The molecule has 0 atom stereocenters. The van der Waals surface area contributed by atoms with Crippen molar-refractivity contribution in [2.75, 3.05) is 18.4 Å². The Balaban J connectivity index is 2.12. The first kappa shape index (κ1) is 14.7. The fourth-order valence-electron chi connectivity index (χ4n) is 1.38. The van der Waals surface area contributed by atoms with Crippen molar-refractivity contribution in [3.63, 3.8) is 0 Å². The van der Waals surface area contributed by atoms with E-state index in [0.717, 1.165) is 12.4 Å². The lowest BCUT2D eigenvalue weighted by atomic mass is 10.6. The Morgan fingerprint density at radius 3 is 2.70 bits per heavy atom. The molecule has 0 spiro atoms. The third-order valence-corrected chi connectivity index (χ3v) is 3.85. The summed E-state index contributed by atoms with van der Waals surface area (Å²) in [5, 5.41) is 3.99. The number of anilines is 1. The van der Waals surface area contributed by atoms with E-state index in [-0.39, 0.29) is 10.2 Å². The lowest BCUT2D eigenvalue weighted by Gasteiger charge is -2.04. The van der Waals surface area contributed by atoms with E-state index in [2.05, 4.69) is 19.8 Å². The van der Waals surface area contributed by atoms with Crippen LogP contribution in [0.3, 0.4) is 0 Å². The molecule has 0 aliphatic carbocycles. The molecule has 2 aromatic heterocycles. The van der Waals surface area contributed by atoms with Gasteiger partial charge in [0.15, 0.2) is 0 Å². The van der Waals surface area contributed by atoms with Crippen LogP contribution in [0.1, 0.15) is 0 Å². The summed E-state index contributed by atoms with van der Waals surface area (Å²) in [5.41, 5.74) is 0.344. The second kappa shape index (κ2) is 6.16. The predicted molar refractivity (Wildman–Crippen MR) is 72.0 cm³/mol. The molecule has 0 saturated heterocycles. The highest BCUT2D eigenvalue weighted by atomic mass is 35.5. The first-order valence-corrected chi connectivity index (χ1v) is 7.39. The van der Waals surface area contributed by atoms with Gasteiger partial charge < -0.3 is 4.74 Å². The summed E-state index contributed by atoms with van der Waals surface area (Å²) < 4.78 is 32.9. The van der Waals surface area contributed by atoms with Gasteiger partial charge in [-0.1, -0.05) is 0 Å². The standard InChI is InChI=1S/C10H12ClN5O3S/c1-19-3-2-16-7-8(4-14-16)15-20(17,18)9-5-12-10(11)13-6-9/h4-7,15H,2-3H2,1H3. The smallest absolute Gasteiger partial charge is 0.265 e. The summed E-state index contributed by atoms with van der Waals surface area (Å²) in [6.07, 6.45) is 5.23. The zero-order valence-corrected chi connectivity index (χ0v) is 12.1. The Kier molecular flexibility index (Phi) is 4.53. The normalized spacial score (nSPS) is 11.5. The van der Waals surface area contributed by atoms with Crippen LogP contribution in [0, 0.1) is 0 Å². The summed E-state index contributed by atoms with van der Waals surface area (Å²) in [4.78, 5) is 7.18. The number of ether oxygens (including phenoxy) is 1. The molecular formula is C10H12ClN5O3S. The van der Waals surface area contributed by atoms with Gasteiger partial charge in [0, 0.05) is 13.3 Å². The Hall–Kier alpha value is -1.71. The molecule has 2 rings (SSSR count). The number of nitrogens with zero attached hydrogens (tertiary/aromatic N) is 4. The molecule has 0 fully saturated rings. The topological polar surface area (TPSA) is 99.0 Å². The first-order chi connectivity index (χ1) is 9.51. The molecule has 0 amide bonds. The average Bonchev–Trinajstić information content (AvgIpc) is 2.83. The number of nitrogens with one attached hydrogen (secondary N) is 1. The van der Waals surface area contributed by atoms with Gasteiger partial charge in [-0.25, -0.2) is 18.4 Å². The van der Waals surface area contributed by atoms with Crippen LogP contribution in [-0.2, 0) is 21.3 Å². The minimum atomic E-state index is -3.76. The van der Waals surface area contributed by atoms with Crippen LogP contribution < -0.4 is 4.72 Å². The van der Waals surface area contributed by atoms with E-state index in [1.54, 1.807) is 18.0 Å². The van der Waals surface area contributed by atoms with Gasteiger partial charge in [0.05, 0.1) is 37.4 Å². The zero-order chi connectivity index (χ0) is 14.6. The number of methoxy groups -OCH3 is 1. The van der Waals surface area contributed by atoms with Gasteiger partial charge in [-0.15, -0.1) is 0 Å². The van der Waals surface area contributed by atoms with Gasteiger partial charge in [0.25, 0.3) is 10.0 Å². The summed E-state index contributed by atoms with van der Waals surface area (Å²) in [5.74, 6) is 0. The highest BCUT2D eigenvalue weighted by Gasteiger charge is 2.16. The van der Waals surface area contributed by atoms with Crippen LogP contribution >= 0.6 is 11.6 Å². The minimum Gasteiger partial charge on any atom is -0.383 e. The Labute approximate surface area is 120 Å². The van der Waals surface area contributed by atoms with Crippen molar-refractivity contribution in [1.29, 1.82) is 0 Å². The second-order valence-corrected chi connectivity index (χ2v) is 5.80. The molecule has 8 nitrogen and oxygen atoms in total. The molecule has 108 valence electrons. The van der Waals surface area contributed by atoms with E-state index < -0.39 is 10.0 Å². The van der Waals surface area contributed by atoms with Gasteiger partial charge in [0.2, 0.25) is 5.28 Å². The number of hydrogen-bond acceptors (Lipinski definition) is 6. The summed E-state index contributed by atoms with van der Waals surface area (Å²) in [6, 6.07) is 0. The maximum atomic E-state index is 12.0. The largest absolute Gasteiger partial charge is 0.383 e. The quantitative estimate of drug-likeness (QED) is 0.790. The van der Waals surface area contributed by atoms with Gasteiger partial charge >= 0.3 is 0 Å². The van der Waals surface area contributed by atoms with E-state index in [1.165, 1.54) is 6.20 Å². The number of sulfonamides is 1. The van der Waals surface area contributed by atoms with Crippen molar-refractivity contribution >= 4 is 27.3 Å². The molecule has 0 aromatic carbocycles. The highest BCUT2D eigenvalue weighted by molar-refractivity contribution is 7.92. The van der Waals surface area contributed by atoms with Crippen molar-refractivity contribution in [1.82, 2.24) is 19.7 Å². The molecule has 0 saturated carbocycles. The molecule has 20 heavy (non-hydrogen) atoms. The average molecular weight is 318 g/mol. The maximum absolute atomic E-state index is 12.0. The molecule has 0 aliphatic heterocycles. The van der Waals surface area contributed by atoms with Crippen LogP contribution in [0.25, 0.3) is 0 Å². The molecular weight excluding hydrogens is 306 g/mol. The van der Waals surface area contributed by atoms with E-state index in [9.17, 15) is 8.42 Å². The SMILES string of the molecule is COCCn1cc(NS(=O)(=O)c2cnc(Cl)nc2)cn1. The summed E-state index contributed by atoms with van der Waals surface area (Å²) in [6.45, 7) is 1.02. The van der Waals surface area contributed by atoms with E-state index >= 15 is 0 Å². The molecule has 2 aromatic rings. The van der Waals surface area contributed by atoms with Gasteiger partial charge in [-0.2, -0.15) is 5.10 Å². The van der Waals surface area contributed by atoms with Gasteiger partial charge in [-0.05, 0) is 11.6 Å². The van der Waals surface area contributed by atoms with Crippen molar-refractivity contribution in [2.24, 2.45) is 0 Å². The molecule has 0 aliphatic rings. The molecule has 0 unspecified atom stereocenters. The lowest BCUT2D eigenvalue weighted by molar-refractivity contribution is 0.183. The molecule has 10 heteroatoms. The highest BCUT2D eigenvalue weighted by Crippen LogP contribution is 2.14. The number of hydrogen-bond donors (Lipinski definition) is 1. The minimum absolute atomic E-state index is 0.0173. The summed E-state index contributed by atoms with van der Waals surface area (Å²) in [7, 11) is -2.18. The first-order valence-electron chi connectivity index (χ1n) is 5.53. The second-order valence-electron chi connectivity index (χ2n) is 3.78. The van der Waals surface area contributed by atoms with Gasteiger partial charge in [0.1, 0.15) is 4.90 Å². The Bertz CT molecular complexity index is 670. The Morgan fingerprint density at radius 2 is 2.05 bits per heavy atom. The van der Waals surface area contributed by atoms with Crippen molar-refractivity contribution in [3.05, 3.63) is 30.1 Å². The predicted octanol–water partition coefficient (Wildman–Crippen LogP) is 0.774. The van der Waals surface area contributed by atoms with Crippen LogP contribution in [0.2, 0.25) is 5.28 Å². The monoisotopic (exact) mass is 317 g/mol. The molecule has 2 heterocycles. The molecule has 1 N–H and O–H groups in total. The zero-order valence-electron chi connectivity index (χ0n) is 10.5. The van der Waals surface area contributed by atoms with E-state index in [0.29, 0.717) is 18.8 Å².